The fraction of sp³-hybridized carbons (Fsp3) is 0.385. The molecule has 2 rings (SSSR count). The Morgan fingerprint density at radius 1 is 1.33 bits per heavy atom. The highest BCUT2D eigenvalue weighted by Crippen LogP contribution is 2.35. The molecule has 0 unspecified atom stereocenters. The maximum atomic E-state index is 13.3. The van der Waals surface area contributed by atoms with Crippen LogP contribution in [-0.4, -0.2) is 0 Å². The van der Waals surface area contributed by atoms with Crippen molar-refractivity contribution in [2.45, 2.75) is 26.7 Å². The molecule has 2 heteroatoms. The van der Waals surface area contributed by atoms with E-state index in [9.17, 15) is 4.39 Å². The molecule has 1 aliphatic rings. The van der Waals surface area contributed by atoms with E-state index in [4.69, 9.17) is 0 Å². The van der Waals surface area contributed by atoms with Crippen LogP contribution in [-0.2, 0) is 6.42 Å². The minimum atomic E-state index is -0.158. The summed E-state index contributed by atoms with van der Waals surface area (Å²) in [6, 6.07) is 3.22. The molecular formula is C13H14BrF. The second-order valence-corrected chi connectivity index (χ2v) is 5.12. The van der Waals surface area contributed by atoms with Gasteiger partial charge in [-0.25, -0.2) is 4.39 Å². The summed E-state index contributed by atoms with van der Waals surface area (Å²) in [5.74, 6) is 0.298. The number of allylic oxidation sites excluding steroid dienone is 2. The first-order valence-corrected chi connectivity index (χ1v) is 6.07. The van der Waals surface area contributed by atoms with E-state index in [-0.39, 0.29) is 5.82 Å². The molecule has 80 valence electrons. The van der Waals surface area contributed by atoms with Gasteiger partial charge in [0.1, 0.15) is 5.82 Å². The van der Waals surface area contributed by atoms with Crippen LogP contribution in [0.4, 0.5) is 4.39 Å². The molecule has 0 spiro atoms. The van der Waals surface area contributed by atoms with E-state index in [1.54, 1.807) is 12.1 Å². The number of benzene rings is 1. The molecule has 1 aromatic rings. The lowest BCUT2D eigenvalue weighted by molar-refractivity contribution is 0.624. The third-order valence-electron chi connectivity index (χ3n) is 2.85. The molecule has 0 bridgehead atoms. The monoisotopic (exact) mass is 268 g/mol. The minimum absolute atomic E-state index is 0.158. The Kier molecular flexibility index (Phi) is 2.96. The van der Waals surface area contributed by atoms with Gasteiger partial charge < -0.3 is 0 Å². The van der Waals surface area contributed by atoms with E-state index in [2.05, 4.69) is 35.9 Å². The third-order valence-corrected chi connectivity index (χ3v) is 3.56. The minimum Gasteiger partial charge on any atom is -0.207 e. The number of halogens is 2. The van der Waals surface area contributed by atoms with Gasteiger partial charge in [0.25, 0.3) is 0 Å². The lowest BCUT2D eigenvalue weighted by Gasteiger charge is -2.21. The van der Waals surface area contributed by atoms with E-state index >= 15 is 0 Å². The zero-order valence-electron chi connectivity index (χ0n) is 8.98. The Morgan fingerprint density at radius 2 is 2.07 bits per heavy atom. The third kappa shape index (κ3) is 2.00. The maximum absolute atomic E-state index is 13.3. The van der Waals surface area contributed by atoms with Gasteiger partial charge in [-0.05, 0) is 47.6 Å². The fourth-order valence-electron chi connectivity index (χ4n) is 2.14. The van der Waals surface area contributed by atoms with Crippen molar-refractivity contribution in [1.29, 1.82) is 0 Å². The van der Waals surface area contributed by atoms with E-state index in [0.717, 1.165) is 22.9 Å². The Morgan fingerprint density at radius 3 is 2.73 bits per heavy atom. The second-order valence-electron chi connectivity index (χ2n) is 4.27. The van der Waals surface area contributed by atoms with Gasteiger partial charge in [-0.3, -0.25) is 0 Å². The summed E-state index contributed by atoms with van der Waals surface area (Å²) in [4.78, 5) is 0. The molecule has 0 amide bonds. The standard InChI is InChI=1S/C13H14BrF/c1-8(2)10-4-3-5-11-12(10)6-9(15)7-13(11)14/h4,6-8H,3,5H2,1-2H3. The summed E-state index contributed by atoms with van der Waals surface area (Å²) in [5, 5.41) is 0. The first kappa shape index (κ1) is 10.9. The van der Waals surface area contributed by atoms with Crippen LogP contribution in [0.5, 0.6) is 0 Å². The van der Waals surface area contributed by atoms with Gasteiger partial charge in [-0.1, -0.05) is 35.9 Å². The molecule has 15 heavy (non-hydrogen) atoms. The van der Waals surface area contributed by atoms with Crippen molar-refractivity contribution in [3.63, 3.8) is 0 Å². The lowest BCUT2D eigenvalue weighted by Crippen LogP contribution is -2.05. The van der Waals surface area contributed by atoms with Gasteiger partial charge >= 0.3 is 0 Å². The molecule has 0 N–H and O–H groups in total. The van der Waals surface area contributed by atoms with Crippen LogP contribution in [0.25, 0.3) is 5.57 Å². The molecule has 0 saturated carbocycles. The van der Waals surface area contributed by atoms with Gasteiger partial charge in [-0.2, -0.15) is 0 Å². The van der Waals surface area contributed by atoms with Crippen molar-refractivity contribution in [2.75, 3.05) is 0 Å². The van der Waals surface area contributed by atoms with Gasteiger partial charge in [0, 0.05) is 4.47 Å². The van der Waals surface area contributed by atoms with Gasteiger partial charge in [0.2, 0.25) is 0 Å². The summed E-state index contributed by atoms with van der Waals surface area (Å²) >= 11 is 3.44. The molecular weight excluding hydrogens is 255 g/mol. The van der Waals surface area contributed by atoms with Crippen LogP contribution in [0.1, 0.15) is 31.4 Å². The Balaban J connectivity index is 2.59. The maximum Gasteiger partial charge on any atom is 0.124 e. The highest BCUT2D eigenvalue weighted by atomic mass is 79.9. The lowest BCUT2D eigenvalue weighted by atomic mass is 9.85. The molecule has 0 nitrogen and oxygen atoms in total. The largest absolute Gasteiger partial charge is 0.207 e. The fourth-order valence-corrected chi connectivity index (χ4v) is 2.77. The zero-order chi connectivity index (χ0) is 11.0. The Labute approximate surface area is 98.3 Å². The number of fused-ring (bicyclic) bond motifs is 1. The second kappa shape index (κ2) is 4.09. The molecule has 0 aromatic heterocycles. The molecule has 0 atom stereocenters. The first-order valence-electron chi connectivity index (χ1n) is 5.28. The van der Waals surface area contributed by atoms with Crippen LogP contribution in [0.3, 0.4) is 0 Å². The van der Waals surface area contributed by atoms with E-state index < -0.39 is 0 Å². The Hall–Kier alpha value is -0.630. The molecule has 0 radical (unpaired) electrons. The van der Waals surface area contributed by atoms with Crippen LogP contribution < -0.4 is 0 Å². The zero-order valence-corrected chi connectivity index (χ0v) is 10.6. The highest BCUT2D eigenvalue weighted by Gasteiger charge is 2.18. The van der Waals surface area contributed by atoms with Gasteiger partial charge in [-0.15, -0.1) is 0 Å². The van der Waals surface area contributed by atoms with E-state index in [0.29, 0.717) is 5.92 Å². The summed E-state index contributed by atoms with van der Waals surface area (Å²) < 4.78 is 14.2. The van der Waals surface area contributed by atoms with Crippen molar-refractivity contribution in [1.82, 2.24) is 0 Å². The normalized spacial score (nSPS) is 15.1. The number of hydrogen-bond acceptors (Lipinski definition) is 0. The smallest absolute Gasteiger partial charge is 0.124 e. The van der Waals surface area contributed by atoms with Crippen molar-refractivity contribution in [3.8, 4) is 0 Å². The van der Waals surface area contributed by atoms with Crippen molar-refractivity contribution in [2.24, 2.45) is 5.92 Å². The van der Waals surface area contributed by atoms with Crippen molar-refractivity contribution >= 4 is 21.5 Å². The number of hydrogen-bond donors (Lipinski definition) is 0. The van der Waals surface area contributed by atoms with Crippen LogP contribution in [0.2, 0.25) is 0 Å². The summed E-state index contributed by atoms with van der Waals surface area (Å²) in [5.41, 5.74) is 3.61. The average molecular weight is 269 g/mol. The van der Waals surface area contributed by atoms with Crippen LogP contribution in [0.15, 0.2) is 22.7 Å². The van der Waals surface area contributed by atoms with E-state index in [1.165, 1.54) is 11.1 Å². The SMILES string of the molecule is CC(C)C1=CCCc2c(Br)cc(F)cc21. The van der Waals surface area contributed by atoms with Gasteiger partial charge in [0.05, 0.1) is 0 Å². The molecule has 0 heterocycles. The predicted octanol–water partition coefficient (Wildman–Crippen LogP) is 4.57. The van der Waals surface area contributed by atoms with Crippen LogP contribution in [0, 0.1) is 11.7 Å². The molecule has 1 aliphatic carbocycles. The quantitative estimate of drug-likeness (QED) is 0.700. The topological polar surface area (TPSA) is 0 Å². The summed E-state index contributed by atoms with van der Waals surface area (Å²) in [6.07, 6.45) is 4.30. The molecule has 0 fully saturated rings. The molecule has 0 saturated heterocycles. The van der Waals surface area contributed by atoms with E-state index in [1.807, 2.05) is 0 Å². The van der Waals surface area contributed by atoms with Crippen LogP contribution >= 0.6 is 15.9 Å². The first-order chi connectivity index (χ1) is 7.09. The van der Waals surface area contributed by atoms with Crippen molar-refractivity contribution in [3.05, 3.63) is 39.6 Å². The average Bonchev–Trinajstić information content (AvgIpc) is 2.16. The predicted molar refractivity (Wildman–Crippen MR) is 65.2 cm³/mol. The van der Waals surface area contributed by atoms with Gasteiger partial charge in [0.15, 0.2) is 0 Å². The molecule has 0 aliphatic heterocycles. The highest BCUT2D eigenvalue weighted by molar-refractivity contribution is 9.10. The molecule has 1 aromatic carbocycles. The summed E-state index contributed by atoms with van der Waals surface area (Å²) in [6.45, 7) is 4.31. The number of rotatable bonds is 1. The summed E-state index contributed by atoms with van der Waals surface area (Å²) in [7, 11) is 0. The Bertz CT molecular complexity index is 419. The van der Waals surface area contributed by atoms with Crippen molar-refractivity contribution < 1.29 is 4.39 Å².